The van der Waals surface area contributed by atoms with Crippen LogP contribution in [0, 0.1) is 12.9 Å². The molecule has 0 saturated heterocycles. The summed E-state index contributed by atoms with van der Waals surface area (Å²) < 4.78 is 17.1. The number of thiophene rings is 1. The molecular formula is C7H5FOS. The van der Waals surface area contributed by atoms with Crippen molar-refractivity contribution >= 4 is 21.6 Å². The average Bonchev–Trinajstić information content (AvgIpc) is 2.21. The van der Waals surface area contributed by atoms with Crippen LogP contribution in [-0.4, -0.2) is 0 Å². The van der Waals surface area contributed by atoms with Gasteiger partial charge >= 0.3 is 0 Å². The van der Waals surface area contributed by atoms with Crippen LogP contribution in [0.4, 0.5) is 4.39 Å². The summed E-state index contributed by atoms with van der Waals surface area (Å²) in [5.41, 5.74) is 0. The second-order valence-corrected chi connectivity index (χ2v) is 3.37. The Labute approximate surface area is 61.1 Å². The maximum Gasteiger partial charge on any atom is 0.279 e. The van der Waals surface area contributed by atoms with Crippen molar-refractivity contribution in [2.24, 2.45) is 0 Å². The Kier molecular flexibility index (Phi) is 1.08. The van der Waals surface area contributed by atoms with Crippen molar-refractivity contribution < 1.29 is 8.81 Å². The van der Waals surface area contributed by atoms with Crippen LogP contribution in [0.15, 0.2) is 16.5 Å². The summed E-state index contributed by atoms with van der Waals surface area (Å²) in [6, 6.07) is 2.81. The van der Waals surface area contributed by atoms with Gasteiger partial charge in [0, 0.05) is 16.3 Å². The summed E-state index contributed by atoms with van der Waals surface area (Å²) in [7, 11) is 0. The second kappa shape index (κ2) is 1.83. The minimum Gasteiger partial charge on any atom is -0.420 e. The second-order valence-electron chi connectivity index (χ2n) is 2.15. The minimum absolute atomic E-state index is 0.499. The predicted molar refractivity (Wildman–Crippen MR) is 38.8 cm³/mol. The lowest BCUT2D eigenvalue weighted by atomic mass is 10.4. The maximum absolute atomic E-state index is 12.3. The number of fused-ring (bicyclic) bond motifs is 1. The van der Waals surface area contributed by atoms with Crippen LogP contribution in [0.5, 0.6) is 0 Å². The highest BCUT2D eigenvalue weighted by atomic mass is 32.1. The Bertz CT molecular complexity index is 297. The van der Waals surface area contributed by atoms with Crippen LogP contribution in [0.1, 0.15) is 4.88 Å². The highest BCUT2D eigenvalue weighted by Gasteiger charge is 2.04. The molecule has 0 atom stereocenters. The zero-order valence-corrected chi connectivity index (χ0v) is 6.17. The van der Waals surface area contributed by atoms with Crippen LogP contribution in [-0.2, 0) is 0 Å². The molecular weight excluding hydrogens is 151 g/mol. The number of hydrogen-bond donors (Lipinski definition) is 0. The molecule has 0 N–H and O–H groups in total. The SMILES string of the molecule is Cc1cc2cc(F)oc2s1. The topological polar surface area (TPSA) is 13.1 Å². The third kappa shape index (κ3) is 0.743. The van der Waals surface area contributed by atoms with Gasteiger partial charge in [0.1, 0.15) is 0 Å². The first kappa shape index (κ1) is 5.92. The first-order chi connectivity index (χ1) is 4.75. The Hall–Kier alpha value is -0.830. The molecule has 1 nitrogen and oxygen atoms in total. The Balaban J connectivity index is 2.83. The maximum atomic E-state index is 12.3. The smallest absolute Gasteiger partial charge is 0.279 e. The Morgan fingerprint density at radius 1 is 1.50 bits per heavy atom. The summed E-state index contributed by atoms with van der Waals surface area (Å²) in [5, 5.41) is 0.861. The number of aryl methyl sites for hydroxylation is 1. The Morgan fingerprint density at radius 3 is 3.00 bits per heavy atom. The van der Waals surface area contributed by atoms with E-state index in [1.807, 2.05) is 13.0 Å². The summed E-state index contributed by atoms with van der Waals surface area (Å²) in [6.07, 6.45) is 0. The number of halogens is 1. The van der Waals surface area contributed by atoms with Crippen molar-refractivity contribution in [3.8, 4) is 0 Å². The van der Waals surface area contributed by atoms with Gasteiger partial charge in [-0.3, -0.25) is 0 Å². The molecule has 0 fully saturated rings. The van der Waals surface area contributed by atoms with E-state index in [0.717, 1.165) is 10.3 Å². The van der Waals surface area contributed by atoms with E-state index in [4.69, 9.17) is 4.42 Å². The van der Waals surface area contributed by atoms with Gasteiger partial charge in [0.05, 0.1) is 0 Å². The molecule has 2 aromatic rings. The van der Waals surface area contributed by atoms with Crippen molar-refractivity contribution in [2.75, 3.05) is 0 Å². The molecule has 0 radical (unpaired) electrons. The molecule has 0 aliphatic heterocycles. The quantitative estimate of drug-likeness (QED) is 0.571. The molecule has 0 unspecified atom stereocenters. The molecule has 0 amide bonds. The fraction of sp³-hybridized carbons (Fsp3) is 0.143. The molecule has 52 valence electrons. The van der Waals surface area contributed by atoms with Crippen molar-refractivity contribution in [1.29, 1.82) is 0 Å². The first-order valence-electron chi connectivity index (χ1n) is 2.91. The number of hydrogen-bond acceptors (Lipinski definition) is 2. The summed E-state index contributed by atoms with van der Waals surface area (Å²) in [4.78, 5) is 1.82. The molecule has 0 saturated carbocycles. The average molecular weight is 156 g/mol. The highest BCUT2D eigenvalue weighted by Crippen LogP contribution is 2.27. The molecule has 0 aliphatic carbocycles. The minimum atomic E-state index is -0.499. The van der Waals surface area contributed by atoms with E-state index in [9.17, 15) is 4.39 Å². The van der Waals surface area contributed by atoms with Gasteiger partial charge in [0.2, 0.25) is 0 Å². The van der Waals surface area contributed by atoms with Gasteiger partial charge in [-0.15, -0.1) is 11.3 Å². The standard InChI is InChI=1S/C7H5FOS/c1-4-2-5-3-6(8)9-7(5)10-4/h2-3H,1H3. The fourth-order valence-corrected chi connectivity index (χ4v) is 1.77. The van der Waals surface area contributed by atoms with Crippen LogP contribution in [0.25, 0.3) is 10.3 Å². The lowest BCUT2D eigenvalue weighted by Gasteiger charge is -1.73. The summed E-state index contributed by atoms with van der Waals surface area (Å²) in [5.74, 6) is 0. The van der Waals surface area contributed by atoms with Crippen LogP contribution in [0.2, 0.25) is 0 Å². The monoisotopic (exact) mass is 156 g/mol. The zero-order valence-electron chi connectivity index (χ0n) is 5.35. The predicted octanol–water partition coefficient (Wildman–Crippen LogP) is 2.94. The number of furan rings is 1. The fourth-order valence-electron chi connectivity index (χ4n) is 0.933. The Morgan fingerprint density at radius 2 is 2.30 bits per heavy atom. The first-order valence-corrected chi connectivity index (χ1v) is 3.73. The van der Waals surface area contributed by atoms with Gasteiger partial charge in [-0.1, -0.05) is 0 Å². The third-order valence-electron chi connectivity index (χ3n) is 1.31. The van der Waals surface area contributed by atoms with E-state index in [1.165, 1.54) is 17.4 Å². The largest absolute Gasteiger partial charge is 0.420 e. The van der Waals surface area contributed by atoms with Crippen molar-refractivity contribution in [2.45, 2.75) is 6.92 Å². The molecule has 0 aliphatic rings. The molecule has 10 heavy (non-hydrogen) atoms. The van der Waals surface area contributed by atoms with Crippen molar-refractivity contribution in [3.05, 3.63) is 23.0 Å². The van der Waals surface area contributed by atoms with Crippen molar-refractivity contribution in [3.63, 3.8) is 0 Å². The van der Waals surface area contributed by atoms with E-state index in [0.29, 0.717) is 4.90 Å². The van der Waals surface area contributed by atoms with Gasteiger partial charge in [0.15, 0.2) is 4.90 Å². The van der Waals surface area contributed by atoms with Crippen LogP contribution < -0.4 is 0 Å². The normalized spacial score (nSPS) is 11.0. The highest BCUT2D eigenvalue weighted by molar-refractivity contribution is 7.18. The van der Waals surface area contributed by atoms with Gasteiger partial charge in [-0.05, 0) is 13.0 Å². The molecule has 0 aromatic carbocycles. The van der Waals surface area contributed by atoms with Gasteiger partial charge in [0.25, 0.3) is 6.01 Å². The molecule has 3 heteroatoms. The molecule has 2 heterocycles. The lowest BCUT2D eigenvalue weighted by Crippen LogP contribution is -1.54. The van der Waals surface area contributed by atoms with E-state index in [2.05, 4.69) is 0 Å². The van der Waals surface area contributed by atoms with Crippen molar-refractivity contribution in [1.82, 2.24) is 0 Å². The lowest BCUT2D eigenvalue weighted by molar-refractivity contribution is 0.384. The summed E-state index contributed by atoms with van der Waals surface area (Å²) >= 11 is 1.47. The third-order valence-corrected chi connectivity index (χ3v) is 2.25. The van der Waals surface area contributed by atoms with E-state index < -0.39 is 6.01 Å². The number of rotatable bonds is 0. The van der Waals surface area contributed by atoms with Gasteiger partial charge in [-0.25, -0.2) is 0 Å². The molecule has 0 bridgehead atoms. The van der Waals surface area contributed by atoms with Crippen LogP contribution >= 0.6 is 11.3 Å². The van der Waals surface area contributed by atoms with E-state index in [-0.39, 0.29) is 0 Å². The molecule has 0 spiro atoms. The zero-order chi connectivity index (χ0) is 7.14. The van der Waals surface area contributed by atoms with E-state index in [1.54, 1.807) is 0 Å². The molecule has 2 rings (SSSR count). The van der Waals surface area contributed by atoms with Gasteiger partial charge < -0.3 is 4.42 Å². The molecule has 2 aromatic heterocycles. The van der Waals surface area contributed by atoms with E-state index >= 15 is 0 Å². The van der Waals surface area contributed by atoms with Crippen LogP contribution in [0.3, 0.4) is 0 Å². The summed E-state index contributed by atoms with van der Waals surface area (Å²) in [6.45, 7) is 1.97. The van der Waals surface area contributed by atoms with Gasteiger partial charge in [-0.2, -0.15) is 4.39 Å².